The Hall–Kier alpha value is -1.62. The fourth-order valence-corrected chi connectivity index (χ4v) is 1.93. The first-order valence-electron chi connectivity index (χ1n) is 4.53. The van der Waals surface area contributed by atoms with Crippen LogP contribution in [-0.2, 0) is 0 Å². The number of hydrogen-bond donors (Lipinski definition) is 2. The van der Waals surface area contributed by atoms with Crippen LogP contribution >= 0.6 is 15.9 Å². The second kappa shape index (κ2) is 3.75. The molecule has 5 heteroatoms. The van der Waals surface area contributed by atoms with Crippen LogP contribution in [0.1, 0.15) is 16.1 Å². The predicted molar refractivity (Wildman–Crippen MR) is 62.8 cm³/mol. The summed E-state index contributed by atoms with van der Waals surface area (Å²) in [5.74, 6) is -1.44. The highest BCUT2D eigenvalue weighted by Crippen LogP contribution is 2.30. The fourth-order valence-electron chi connectivity index (χ4n) is 1.56. The third kappa shape index (κ3) is 1.63. The van der Waals surface area contributed by atoms with E-state index in [1.54, 1.807) is 25.1 Å². The number of aromatic hydroxyl groups is 1. The number of halogens is 1. The van der Waals surface area contributed by atoms with Gasteiger partial charge in [-0.15, -0.1) is 0 Å². The second-order valence-electron chi connectivity index (χ2n) is 3.39. The van der Waals surface area contributed by atoms with E-state index in [0.717, 1.165) is 4.47 Å². The maximum atomic E-state index is 11.1. The summed E-state index contributed by atoms with van der Waals surface area (Å²) >= 11 is 3.26. The number of fused-ring (bicyclic) bond motifs is 1. The van der Waals surface area contributed by atoms with E-state index in [-0.39, 0.29) is 11.3 Å². The van der Waals surface area contributed by atoms with Gasteiger partial charge in [0.2, 0.25) is 0 Å². The smallest absolute Gasteiger partial charge is 0.340 e. The lowest BCUT2D eigenvalue weighted by Crippen LogP contribution is -2.01. The number of aromatic nitrogens is 1. The van der Waals surface area contributed by atoms with E-state index < -0.39 is 5.97 Å². The quantitative estimate of drug-likeness (QED) is 0.843. The molecule has 0 aliphatic heterocycles. The standard InChI is InChI=1S/C11H8BrNO3/c1-5-10(14)9(11(15)16)7-4-6(12)2-3-8(7)13-5/h2-4,14H,1H3,(H,15,16). The van der Waals surface area contributed by atoms with E-state index in [1.807, 2.05) is 0 Å². The van der Waals surface area contributed by atoms with Crippen LogP contribution in [0.3, 0.4) is 0 Å². The molecule has 2 rings (SSSR count). The van der Waals surface area contributed by atoms with Crippen LogP contribution in [0.4, 0.5) is 0 Å². The molecular weight excluding hydrogens is 274 g/mol. The van der Waals surface area contributed by atoms with Crippen molar-refractivity contribution in [1.29, 1.82) is 0 Å². The molecule has 0 bridgehead atoms. The lowest BCUT2D eigenvalue weighted by molar-refractivity contribution is 0.0695. The highest BCUT2D eigenvalue weighted by molar-refractivity contribution is 9.10. The van der Waals surface area contributed by atoms with Gasteiger partial charge in [-0.2, -0.15) is 0 Å². The van der Waals surface area contributed by atoms with Crippen molar-refractivity contribution >= 4 is 32.8 Å². The van der Waals surface area contributed by atoms with E-state index in [2.05, 4.69) is 20.9 Å². The maximum absolute atomic E-state index is 11.1. The van der Waals surface area contributed by atoms with Crippen LogP contribution in [0.25, 0.3) is 10.9 Å². The van der Waals surface area contributed by atoms with E-state index >= 15 is 0 Å². The number of carboxylic acids is 1. The van der Waals surface area contributed by atoms with Gasteiger partial charge in [0.15, 0.2) is 5.75 Å². The Morgan fingerprint density at radius 2 is 2.12 bits per heavy atom. The maximum Gasteiger partial charge on any atom is 0.340 e. The minimum Gasteiger partial charge on any atom is -0.505 e. The topological polar surface area (TPSA) is 70.4 Å². The lowest BCUT2D eigenvalue weighted by Gasteiger charge is -2.07. The molecule has 0 fully saturated rings. The van der Waals surface area contributed by atoms with Crippen LogP contribution in [0.2, 0.25) is 0 Å². The molecule has 0 aliphatic carbocycles. The monoisotopic (exact) mass is 281 g/mol. The third-order valence-electron chi connectivity index (χ3n) is 2.31. The highest BCUT2D eigenvalue weighted by Gasteiger charge is 2.17. The van der Waals surface area contributed by atoms with E-state index in [1.165, 1.54) is 0 Å². The fraction of sp³-hybridized carbons (Fsp3) is 0.0909. The zero-order chi connectivity index (χ0) is 11.9. The van der Waals surface area contributed by atoms with Crippen LogP contribution in [-0.4, -0.2) is 21.2 Å². The number of pyridine rings is 1. The van der Waals surface area contributed by atoms with Crippen molar-refractivity contribution < 1.29 is 15.0 Å². The zero-order valence-electron chi connectivity index (χ0n) is 8.36. The van der Waals surface area contributed by atoms with Crippen molar-refractivity contribution in [3.63, 3.8) is 0 Å². The third-order valence-corrected chi connectivity index (χ3v) is 2.80. The normalized spacial score (nSPS) is 10.6. The first-order valence-corrected chi connectivity index (χ1v) is 5.32. The molecule has 0 radical (unpaired) electrons. The van der Waals surface area contributed by atoms with Crippen LogP contribution in [0.5, 0.6) is 5.75 Å². The highest BCUT2D eigenvalue weighted by atomic mass is 79.9. The van der Waals surface area contributed by atoms with Gasteiger partial charge in [0.25, 0.3) is 0 Å². The molecule has 2 aromatic rings. The lowest BCUT2D eigenvalue weighted by atomic mass is 10.1. The number of nitrogens with zero attached hydrogens (tertiary/aromatic N) is 1. The van der Waals surface area contributed by atoms with Gasteiger partial charge in [0.1, 0.15) is 5.56 Å². The van der Waals surface area contributed by atoms with Gasteiger partial charge in [0.05, 0.1) is 11.2 Å². The van der Waals surface area contributed by atoms with E-state index in [9.17, 15) is 9.90 Å². The number of carbonyl (C=O) groups is 1. The van der Waals surface area contributed by atoms with Crippen molar-refractivity contribution in [2.45, 2.75) is 6.92 Å². The van der Waals surface area contributed by atoms with Gasteiger partial charge >= 0.3 is 5.97 Å². The Balaban J connectivity index is 2.96. The largest absolute Gasteiger partial charge is 0.505 e. The molecule has 82 valence electrons. The molecule has 0 amide bonds. The summed E-state index contributed by atoms with van der Waals surface area (Å²) in [6, 6.07) is 5.11. The minimum atomic E-state index is -1.16. The van der Waals surface area contributed by atoms with E-state index in [4.69, 9.17) is 5.11 Å². The molecule has 2 N–H and O–H groups in total. The summed E-state index contributed by atoms with van der Waals surface area (Å²) in [6.07, 6.45) is 0. The number of benzene rings is 1. The van der Waals surface area contributed by atoms with E-state index in [0.29, 0.717) is 16.6 Å². The summed E-state index contributed by atoms with van der Waals surface area (Å²) in [6.45, 7) is 1.57. The van der Waals surface area contributed by atoms with Gasteiger partial charge in [-0.25, -0.2) is 9.78 Å². The Bertz CT molecular complexity index is 595. The van der Waals surface area contributed by atoms with Crippen LogP contribution < -0.4 is 0 Å². The molecule has 4 nitrogen and oxygen atoms in total. The molecule has 1 aromatic carbocycles. The van der Waals surface area contributed by atoms with Gasteiger partial charge in [-0.1, -0.05) is 15.9 Å². The number of hydrogen-bond acceptors (Lipinski definition) is 3. The van der Waals surface area contributed by atoms with Gasteiger partial charge in [0, 0.05) is 9.86 Å². The van der Waals surface area contributed by atoms with Gasteiger partial charge < -0.3 is 10.2 Å². The summed E-state index contributed by atoms with van der Waals surface area (Å²) in [7, 11) is 0. The van der Waals surface area contributed by atoms with Crippen molar-refractivity contribution in [3.05, 3.63) is 33.9 Å². The van der Waals surface area contributed by atoms with Crippen molar-refractivity contribution in [3.8, 4) is 5.75 Å². The molecule has 0 spiro atoms. The average Bonchev–Trinajstić information content (AvgIpc) is 2.20. The Kier molecular flexibility index (Phi) is 2.55. The molecule has 0 aliphatic rings. The molecular formula is C11H8BrNO3. The van der Waals surface area contributed by atoms with Crippen molar-refractivity contribution in [1.82, 2.24) is 4.98 Å². The summed E-state index contributed by atoms with van der Waals surface area (Å²) in [4.78, 5) is 15.2. The zero-order valence-corrected chi connectivity index (χ0v) is 9.95. The first-order chi connectivity index (χ1) is 7.50. The SMILES string of the molecule is Cc1nc2ccc(Br)cc2c(C(=O)O)c1O. The second-order valence-corrected chi connectivity index (χ2v) is 4.30. The minimum absolute atomic E-state index is 0.108. The number of aromatic carboxylic acids is 1. The Labute approximate surface area is 99.7 Å². The van der Waals surface area contributed by atoms with Crippen LogP contribution in [0.15, 0.2) is 22.7 Å². The van der Waals surface area contributed by atoms with Crippen molar-refractivity contribution in [2.75, 3.05) is 0 Å². The average molecular weight is 282 g/mol. The molecule has 16 heavy (non-hydrogen) atoms. The van der Waals surface area contributed by atoms with Gasteiger partial charge in [-0.3, -0.25) is 0 Å². The first kappa shape index (κ1) is 10.9. The number of rotatable bonds is 1. The molecule has 0 saturated carbocycles. The molecule has 0 atom stereocenters. The predicted octanol–water partition coefficient (Wildman–Crippen LogP) is 2.71. The summed E-state index contributed by atoms with van der Waals surface area (Å²) in [5, 5.41) is 19.2. The summed E-state index contributed by atoms with van der Waals surface area (Å²) in [5.41, 5.74) is 0.756. The summed E-state index contributed by atoms with van der Waals surface area (Å²) < 4.78 is 0.743. The Morgan fingerprint density at radius 1 is 1.44 bits per heavy atom. The number of aryl methyl sites for hydroxylation is 1. The van der Waals surface area contributed by atoms with Crippen LogP contribution in [0, 0.1) is 6.92 Å². The van der Waals surface area contributed by atoms with Crippen molar-refractivity contribution in [2.24, 2.45) is 0 Å². The number of carboxylic acid groups (broad SMARTS) is 1. The molecule has 1 heterocycles. The molecule has 0 unspecified atom stereocenters. The Morgan fingerprint density at radius 3 is 2.75 bits per heavy atom. The van der Waals surface area contributed by atoms with Gasteiger partial charge in [-0.05, 0) is 25.1 Å². The molecule has 1 aromatic heterocycles. The molecule has 0 saturated heterocycles.